The van der Waals surface area contributed by atoms with Crippen molar-refractivity contribution in [1.29, 1.82) is 0 Å². The highest BCUT2D eigenvalue weighted by Gasteiger charge is 2.40. The molecule has 0 bridgehead atoms. The van der Waals surface area contributed by atoms with Gasteiger partial charge in [0.25, 0.3) is 5.91 Å². The lowest BCUT2D eigenvalue weighted by molar-refractivity contribution is -0.131. The molecule has 2 atom stereocenters. The summed E-state index contributed by atoms with van der Waals surface area (Å²) in [6.07, 6.45) is 9.72. The van der Waals surface area contributed by atoms with Crippen molar-refractivity contribution in [2.24, 2.45) is 11.7 Å². The van der Waals surface area contributed by atoms with E-state index >= 15 is 0 Å². The van der Waals surface area contributed by atoms with Gasteiger partial charge in [-0.1, -0.05) is 32.1 Å². The average Bonchev–Trinajstić information content (AvgIpc) is 2.78. The summed E-state index contributed by atoms with van der Waals surface area (Å²) >= 11 is 0. The highest BCUT2D eigenvalue weighted by molar-refractivity contribution is 7.88. The van der Waals surface area contributed by atoms with Gasteiger partial charge in [0.15, 0.2) is 0 Å². The molecule has 3 amide bonds. The average molecular weight is 466 g/mol. The van der Waals surface area contributed by atoms with Crippen LogP contribution in [-0.4, -0.2) is 78.3 Å². The van der Waals surface area contributed by atoms with Crippen LogP contribution in [0, 0.1) is 5.92 Å². The van der Waals surface area contributed by atoms with Crippen molar-refractivity contribution in [3.8, 4) is 0 Å². The molecule has 1 saturated heterocycles. The Hall–Kier alpha value is -2.53. The normalized spacial score (nSPS) is 21.7. The minimum atomic E-state index is -3.71. The molecule has 2 fully saturated rings. The fourth-order valence-corrected chi connectivity index (χ4v) is 5.54. The van der Waals surface area contributed by atoms with E-state index in [1.807, 2.05) is 0 Å². The maximum Gasteiger partial charge on any atom is 0.255 e. The number of piperazine rings is 1. The number of aromatic nitrogens is 1. The van der Waals surface area contributed by atoms with Crippen molar-refractivity contribution in [2.45, 2.75) is 50.6 Å². The molecule has 2 unspecified atom stereocenters. The van der Waals surface area contributed by atoms with Gasteiger partial charge in [-0.15, -0.1) is 0 Å². The Kier molecular flexibility index (Phi) is 7.83. The van der Waals surface area contributed by atoms with E-state index in [0.717, 1.165) is 42.7 Å². The van der Waals surface area contributed by atoms with Crippen LogP contribution in [0.2, 0.25) is 0 Å². The summed E-state index contributed by atoms with van der Waals surface area (Å²) in [4.78, 5) is 43.4. The highest BCUT2D eigenvalue weighted by atomic mass is 32.2. The predicted octanol–water partition coefficient (Wildman–Crippen LogP) is 0.108. The largest absolute Gasteiger partial charge is 0.368 e. The van der Waals surface area contributed by atoms with Crippen LogP contribution in [0.4, 0.5) is 0 Å². The van der Waals surface area contributed by atoms with Gasteiger partial charge in [0.1, 0.15) is 12.1 Å². The zero-order valence-corrected chi connectivity index (χ0v) is 19.1. The molecule has 32 heavy (non-hydrogen) atoms. The quantitative estimate of drug-likeness (QED) is 0.585. The molecule has 0 radical (unpaired) electrons. The van der Waals surface area contributed by atoms with E-state index in [2.05, 4.69) is 10.3 Å². The highest BCUT2D eigenvalue weighted by Crippen LogP contribution is 2.27. The van der Waals surface area contributed by atoms with Gasteiger partial charge in [-0.05, 0) is 24.5 Å². The Bertz CT molecular complexity index is 933. The van der Waals surface area contributed by atoms with Crippen LogP contribution < -0.4 is 11.1 Å². The van der Waals surface area contributed by atoms with Crippen LogP contribution in [0.5, 0.6) is 0 Å². The number of hydrogen-bond donors (Lipinski definition) is 2. The molecule has 1 aromatic rings. The summed E-state index contributed by atoms with van der Waals surface area (Å²) in [6, 6.07) is 1.22. The van der Waals surface area contributed by atoms with Crippen LogP contribution in [0.15, 0.2) is 24.5 Å². The zero-order chi connectivity index (χ0) is 23.3. The van der Waals surface area contributed by atoms with Gasteiger partial charge in [0.05, 0.1) is 11.8 Å². The maximum atomic E-state index is 13.1. The van der Waals surface area contributed by atoms with Crippen LogP contribution in [0.1, 0.15) is 48.9 Å². The standard InChI is InChI=1S/C21H31N5O5S/c1-32(30,31)26-11-10-25(21(29)16-8-5-9-23-13-16)14-18(26)20(28)24-17(19(22)27)12-15-6-3-2-4-7-15/h5,8-9,13,15,17-18H,2-4,6-7,10-12,14H2,1H3,(H2,22,27)(H,24,28). The minimum absolute atomic E-state index is 0.0210. The Morgan fingerprint density at radius 2 is 1.94 bits per heavy atom. The maximum absolute atomic E-state index is 13.1. The number of sulfonamides is 1. The Morgan fingerprint density at radius 1 is 1.22 bits per heavy atom. The Balaban J connectivity index is 1.75. The zero-order valence-electron chi connectivity index (χ0n) is 18.3. The molecule has 11 heteroatoms. The lowest BCUT2D eigenvalue weighted by atomic mass is 9.84. The van der Waals surface area contributed by atoms with Gasteiger partial charge in [0, 0.05) is 32.0 Å². The van der Waals surface area contributed by atoms with E-state index in [1.165, 1.54) is 11.1 Å². The second-order valence-electron chi connectivity index (χ2n) is 8.59. The summed E-state index contributed by atoms with van der Waals surface area (Å²) in [7, 11) is -3.71. The molecule has 3 N–H and O–H groups in total. The van der Waals surface area contributed by atoms with Gasteiger partial charge in [0.2, 0.25) is 21.8 Å². The van der Waals surface area contributed by atoms with Crippen molar-refractivity contribution in [1.82, 2.24) is 19.5 Å². The number of nitrogens with zero attached hydrogens (tertiary/aromatic N) is 3. The van der Waals surface area contributed by atoms with Gasteiger partial charge >= 0.3 is 0 Å². The van der Waals surface area contributed by atoms with Crippen molar-refractivity contribution in [3.63, 3.8) is 0 Å². The fourth-order valence-electron chi connectivity index (χ4n) is 4.50. The van der Waals surface area contributed by atoms with Crippen LogP contribution >= 0.6 is 0 Å². The number of hydrogen-bond acceptors (Lipinski definition) is 6. The molecular formula is C21H31N5O5S. The Labute approximate surface area is 188 Å². The SMILES string of the molecule is CS(=O)(=O)N1CCN(C(=O)c2cccnc2)CC1C(=O)NC(CC1CCCCC1)C(N)=O. The van der Waals surface area contributed by atoms with Crippen molar-refractivity contribution < 1.29 is 22.8 Å². The molecule has 3 rings (SSSR count). The van der Waals surface area contributed by atoms with E-state index in [0.29, 0.717) is 17.9 Å². The number of rotatable bonds is 7. The third-order valence-electron chi connectivity index (χ3n) is 6.21. The topological polar surface area (TPSA) is 143 Å². The molecule has 2 aliphatic rings. The second kappa shape index (κ2) is 10.4. The van der Waals surface area contributed by atoms with Crippen molar-refractivity contribution >= 4 is 27.7 Å². The van der Waals surface area contributed by atoms with Crippen LogP contribution in [0.3, 0.4) is 0 Å². The van der Waals surface area contributed by atoms with E-state index in [1.54, 1.807) is 18.3 Å². The first-order valence-corrected chi connectivity index (χ1v) is 12.8. The van der Waals surface area contributed by atoms with Crippen molar-refractivity contribution in [3.05, 3.63) is 30.1 Å². The summed E-state index contributed by atoms with van der Waals surface area (Å²) in [5.74, 6) is -1.31. The summed E-state index contributed by atoms with van der Waals surface area (Å²) in [5, 5.41) is 2.66. The van der Waals surface area contributed by atoms with Gasteiger partial charge in [-0.3, -0.25) is 19.4 Å². The van der Waals surface area contributed by atoms with Gasteiger partial charge in [-0.2, -0.15) is 4.31 Å². The molecule has 1 aliphatic carbocycles. The number of amides is 3. The number of carbonyl (C=O) groups is 3. The molecule has 1 aromatic heterocycles. The minimum Gasteiger partial charge on any atom is -0.368 e. The smallest absolute Gasteiger partial charge is 0.255 e. The van der Waals surface area contributed by atoms with E-state index in [9.17, 15) is 22.8 Å². The van der Waals surface area contributed by atoms with E-state index in [4.69, 9.17) is 5.73 Å². The lowest BCUT2D eigenvalue weighted by Crippen LogP contribution is -2.63. The van der Waals surface area contributed by atoms with Crippen LogP contribution in [0.25, 0.3) is 0 Å². The Morgan fingerprint density at radius 3 is 2.53 bits per heavy atom. The molecule has 0 spiro atoms. The number of primary amides is 1. The van der Waals surface area contributed by atoms with Gasteiger partial charge in [-0.25, -0.2) is 8.42 Å². The monoisotopic (exact) mass is 465 g/mol. The van der Waals surface area contributed by atoms with E-state index < -0.39 is 33.9 Å². The van der Waals surface area contributed by atoms with Crippen LogP contribution in [-0.2, 0) is 19.6 Å². The van der Waals surface area contributed by atoms with Crippen molar-refractivity contribution in [2.75, 3.05) is 25.9 Å². The summed E-state index contributed by atoms with van der Waals surface area (Å²) < 4.78 is 25.7. The predicted molar refractivity (Wildman–Crippen MR) is 118 cm³/mol. The number of nitrogens with one attached hydrogen (secondary N) is 1. The first kappa shape index (κ1) is 24.1. The molecular weight excluding hydrogens is 434 g/mol. The first-order chi connectivity index (χ1) is 15.2. The number of carbonyl (C=O) groups excluding carboxylic acids is 3. The number of nitrogens with two attached hydrogens (primary N) is 1. The molecule has 176 valence electrons. The number of pyridine rings is 1. The second-order valence-corrected chi connectivity index (χ2v) is 10.5. The fraction of sp³-hybridized carbons (Fsp3) is 0.619. The first-order valence-electron chi connectivity index (χ1n) is 10.9. The molecule has 0 aromatic carbocycles. The van der Waals surface area contributed by atoms with Gasteiger partial charge < -0.3 is 16.0 Å². The summed E-state index contributed by atoms with van der Waals surface area (Å²) in [5.41, 5.74) is 5.90. The lowest BCUT2D eigenvalue weighted by Gasteiger charge is -2.39. The third kappa shape index (κ3) is 6.04. The molecule has 10 nitrogen and oxygen atoms in total. The molecule has 1 aliphatic heterocycles. The summed E-state index contributed by atoms with van der Waals surface area (Å²) in [6.45, 7) is 0.000225. The molecule has 2 heterocycles. The molecule has 1 saturated carbocycles. The third-order valence-corrected chi connectivity index (χ3v) is 7.50. The van der Waals surface area contributed by atoms with E-state index in [-0.39, 0.29) is 25.5 Å².